The van der Waals surface area contributed by atoms with Crippen molar-refractivity contribution >= 4 is 11.6 Å². The van der Waals surface area contributed by atoms with E-state index in [1.165, 1.54) is 14.2 Å². The molecule has 16 heavy (non-hydrogen) atoms. The molecule has 0 aliphatic rings. The van der Waals surface area contributed by atoms with Gasteiger partial charge >= 0.3 is 0 Å². The quantitative estimate of drug-likeness (QED) is 0.742. The molecule has 0 aliphatic carbocycles. The van der Waals surface area contributed by atoms with Gasteiger partial charge < -0.3 is 14.2 Å². The summed E-state index contributed by atoms with van der Waals surface area (Å²) in [7, 11) is 3.05. The average molecular weight is 242 g/mol. The highest BCUT2D eigenvalue weighted by Gasteiger charge is 2.08. The van der Waals surface area contributed by atoms with Crippen LogP contribution in [0.15, 0.2) is 18.2 Å². The SMILES string of the molecule is COC(COc1ccc(C#N)cc1Cl)OC. The maximum atomic E-state index is 8.66. The lowest BCUT2D eigenvalue weighted by molar-refractivity contribution is -0.121. The maximum Gasteiger partial charge on any atom is 0.191 e. The van der Waals surface area contributed by atoms with E-state index in [4.69, 9.17) is 31.1 Å². The standard InChI is InChI=1S/C11H12ClNO3/c1-14-11(15-2)7-16-10-4-3-8(6-13)5-9(10)12/h3-5,11H,7H2,1-2H3. The summed E-state index contributed by atoms with van der Waals surface area (Å²) in [5.41, 5.74) is 0.493. The molecule has 86 valence electrons. The fourth-order valence-corrected chi connectivity index (χ4v) is 1.31. The van der Waals surface area contributed by atoms with E-state index in [1.54, 1.807) is 18.2 Å². The summed E-state index contributed by atoms with van der Waals surface area (Å²) in [4.78, 5) is 0. The van der Waals surface area contributed by atoms with Crippen LogP contribution in [0, 0.1) is 11.3 Å². The maximum absolute atomic E-state index is 8.66. The Kier molecular flexibility index (Phi) is 5.06. The minimum Gasteiger partial charge on any atom is -0.487 e. The van der Waals surface area contributed by atoms with Gasteiger partial charge in [0.25, 0.3) is 0 Å². The highest BCUT2D eigenvalue weighted by molar-refractivity contribution is 6.32. The van der Waals surface area contributed by atoms with E-state index < -0.39 is 6.29 Å². The fraction of sp³-hybridized carbons (Fsp3) is 0.364. The van der Waals surface area contributed by atoms with Crippen LogP contribution in [0.5, 0.6) is 5.75 Å². The van der Waals surface area contributed by atoms with Crippen molar-refractivity contribution in [2.24, 2.45) is 0 Å². The molecule has 0 aromatic heterocycles. The monoisotopic (exact) mass is 241 g/mol. The molecule has 0 saturated carbocycles. The van der Waals surface area contributed by atoms with Crippen molar-refractivity contribution in [3.8, 4) is 11.8 Å². The molecule has 0 aliphatic heterocycles. The molecule has 0 heterocycles. The van der Waals surface area contributed by atoms with Crippen LogP contribution >= 0.6 is 11.6 Å². The summed E-state index contributed by atoms with van der Waals surface area (Å²) in [6.45, 7) is 0.235. The predicted octanol–water partition coefficient (Wildman–Crippen LogP) is 2.21. The Morgan fingerprint density at radius 2 is 2.06 bits per heavy atom. The largest absolute Gasteiger partial charge is 0.487 e. The van der Waals surface area contributed by atoms with Gasteiger partial charge in [0, 0.05) is 14.2 Å². The van der Waals surface area contributed by atoms with Gasteiger partial charge in [0.15, 0.2) is 6.29 Å². The molecule has 1 aromatic rings. The van der Waals surface area contributed by atoms with Gasteiger partial charge in [0.05, 0.1) is 16.7 Å². The van der Waals surface area contributed by atoms with Gasteiger partial charge in [-0.15, -0.1) is 0 Å². The second-order valence-electron chi connectivity index (χ2n) is 2.97. The third-order valence-electron chi connectivity index (χ3n) is 1.96. The Morgan fingerprint density at radius 3 is 2.56 bits per heavy atom. The van der Waals surface area contributed by atoms with Crippen molar-refractivity contribution in [1.29, 1.82) is 5.26 Å². The normalized spacial score (nSPS) is 10.2. The Hall–Kier alpha value is -1.28. The molecule has 0 spiro atoms. The van der Waals surface area contributed by atoms with E-state index in [0.717, 1.165) is 0 Å². The van der Waals surface area contributed by atoms with E-state index in [1.807, 2.05) is 6.07 Å². The van der Waals surface area contributed by atoms with Crippen LogP contribution in [0.1, 0.15) is 5.56 Å². The van der Waals surface area contributed by atoms with E-state index in [9.17, 15) is 0 Å². The van der Waals surface area contributed by atoms with E-state index in [-0.39, 0.29) is 6.61 Å². The molecule has 0 amide bonds. The number of nitrogens with zero attached hydrogens (tertiary/aromatic N) is 1. The van der Waals surface area contributed by atoms with Crippen molar-refractivity contribution in [2.45, 2.75) is 6.29 Å². The summed E-state index contributed by atoms with van der Waals surface area (Å²) in [5.74, 6) is 0.500. The minimum atomic E-state index is -0.438. The number of methoxy groups -OCH3 is 2. The Bertz CT molecular complexity index is 385. The Balaban J connectivity index is 2.65. The van der Waals surface area contributed by atoms with Gasteiger partial charge in [-0.2, -0.15) is 5.26 Å². The summed E-state index contributed by atoms with van der Waals surface area (Å²) in [5, 5.41) is 9.05. The number of hydrogen-bond acceptors (Lipinski definition) is 4. The zero-order valence-corrected chi connectivity index (χ0v) is 9.82. The number of benzene rings is 1. The zero-order chi connectivity index (χ0) is 12.0. The van der Waals surface area contributed by atoms with Gasteiger partial charge in [-0.3, -0.25) is 0 Å². The van der Waals surface area contributed by atoms with Crippen molar-refractivity contribution in [3.63, 3.8) is 0 Å². The van der Waals surface area contributed by atoms with E-state index >= 15 is 0 Å². The average Bonchev–Trinajstić information content (AvgIpc) is 2.32. The minimum absolute atomic E-state index is 0.235. The number of nitriles is 1. The predicted molar refractivity (Wildman–Crippen MR) is 59.5 cm³/mol. The zero-order valence-electron chi connectivity index (χ0n) is 9.07. The highest BCUT2D eigenvalue weighted by atomic mass is 35.5. The van der Waals surface area contributed by atoms with Crippen LogP contribution in [0.2, 0.25) is 5.02 Å². The topological polar surface area (TPSA) is 51.5 Å². The molecule has 0 unspecified atom stereocenters. The molecule has 0 fully saturated rings. The molecule has 0 bridgehead atoms. The number of ether oxygens (including phenoxy) is 3. The molecule has 0 saturated heterocycles. The van der Waals surface area contributed by atoms with Crippen LogP contribution in [0.25, 0.3) is 0 Å². The van der Waals surface area contributed by atoms with Crippen LogP contribution in [-0.2, 0) is 9.47 Å². The summed E-state index contributed by atoms with van der Waals surface area (Å²) >= 11 is 5.92. The van der Waals surface area contributed by atoms with Crippen LogP contribution in [0.3, 0.4) is 0 Å². The summed E-state index contributed by atoms with van der Waals surface area (Å²) in [6.07, 6.45) is -0.438. The third-order valence-corrected chi connectivity index (χ3v) is 2.26. The first-order chi connectivity index (χ1) is 7.71. The molecular weight excluding hydrogens is 230 g/mol. The molecule has 0 radical (unpaired) electrons. The van der Waals surface area contributed by atoms with Crippen LogP contribution in [-0.4, -0.2) is 27.1 Å². The van der Waals surface area contributed by atoms with Crippen molar-refractivity contribution in [1.82, 2.24) is 0 Å². The van der Waals surface area contributed by atoms with Crippen LogP contribution < -0.4 is 4.74 Å². The first kappa shape index (κ1) is 12.8. The summed E-state index contributed by atoms with van der Waals surface area (Å²) in [6, 6.07) is 6.82. The summed E-state index contributed by atoms with van der Waals surface area (Å²) < 4.78 is 15.3. The molecule has 0 N–H and O–H groups in total. The molecule has 1 aromatic carbocycles. The Labute approximate surface area is 99.3 Å². The second kappa shape index (κ2) is 6.33. The lowest BCUT2D eigenvalue weighted by atomic mass is 10.2. The first-order valence-corrected chi connectivity index (χ1v) is 4.97. The number of rotatable bonds is 5. The van der Waals surface area contributed by atoms with Gasteiger partial charge in [-0.1, -0.05) is 11.6 Å². The fourth-order valence-electron chi connectivity index (χ4n) is 1.08. The molecule has 0 atom stereocenters. The van der Waals surface area contributed by atoms with Gasteiger partial charge in [-0.25, -0.2) is 0 Å². The molecule has 1 rings (SSSR count). The van der Waals surface area contributed by atoms with Crippen molar-refractivity contribution < 1.29 is 14.2 Å². The lowest BCUT2D eigenvalue weighted by Gasteiger charge is -2.14. The first-order valence-electron chi connectivity index (χ1n) is 4.59. The van der Waals surface area contributed by atoms with Crippen LogP contribution in [0.4, 0.5) is 0 Å². The molecular formula is C11H12ClNO3. The molecule has 4 nitrogen and oxygen atoms in total. The van der Waals surface area contributed by atoms with E-state index in [0.29, 0.717) is 16.3 Å². The lowest BCUT2D eigenvalue weighted by Crippen LogP contribution is -2.22. The van der Waals surface area contributed by atoms with Gasteiger partial charge in [0.2, 0.25) is 0 Å². The second-order valence-corrected chi connectivity index (χ2v) is 3.38. The molecule has 5 heteroatoms. The number of hydrogen-bond donors (Lipinski definition) is 0. The Morgan fingerprint density at radius 1 is 1.38 bits per heavy atom. The highest BCUT2D eigenvalue weighted by Crippen LogP contribution is 2.25. The van der Waals surface area contributed by atoms with E-state index in [2.05, 4.69) is 0 Å². The smallest absolute Gasteiger partial charge is 0.191 e. The number of halogens is 1. The van der Waals surface area contributed by atoms with Gasteiger partial charge in [0.1, 0.15) is 12.4 Å². The van der Waals surface area contributed by atoms with Crippen molar-refractivity contribution in [2.75, 3.05) is 20.8 Å². The van der Waals surface area contributed by atoms with Gasteiger partial charge in [-0.05, 0) is 18.2 Å². The van der Waals surface area contributed by atoms with Crippen molar-refractivity contribution in [3.05, 3.63) is 28.8 Å². The third kappa shape index (κ3) is 3.38.